The first-order chi connectivity index (χ1) is 13.1. The Balaban J connectivity index is 2.40. The third kappa shape index (κ3) is 5.02. The van der Waals surface area contributed by atoms with Crippen LogP contribution in [0.3, 0.4) is 0 Å². The molecule has 0 aromatic heterocycles. The van der Waals surface area contributed by atoms with Crippen LogP contribution in [0.4, 0.5) is 0 Å². The van der Waals surface area contributed by atoms with Crippen LogP contribution in [-0.2, 0) is 14.3 Å². The molecule has 0 bridgehead atoms. The number of carboxylic acid groups (broad SMARTS) is 1. The Morgan fingerprint density at radius 1 is 1.32 bits per heavy atom. The largest absolute Gasteiger partial charge is 0.478 e. The summed E-state index contributed by atoms with van der Waals surface area (Å²) < 4.78 is 5.71. The number of carbonyl (C=O) groups is 2. The Morgan fingerprint density at radius 3 is 2.43 bits per heavy atom. The van der Waals surface area contributed by atoms with Crippen molar-refractivity contribution in [2.75, 3.05) is 6.61 Å². The Bertz CT molecular complexity index is 699. The lowest BCUT2D eigenvalue weighted by molar-refractivity contribution is -0.205. The van der Waals surface area contributed by atoms with Crippen molar-refractivity contribution < 1.29 is 39.9 Å². The van der Waals surface area contributed by atoms with Crippen LogP contribution in [0.5, 0.6) is 0 Å². The number of ether oxygens (including phenoxy) is 1. The molecule has 0 radical (unpaired) electrons. The van der Waals surface area contributed by atoms with Crippen LogP contribution in [0.15, 0.2) is 29.2 Å². The van der Waals surface area contributed by atoms with Gasteiger partial charge in [-0.25, -0.2) is 4.79 Å². The molecule has 2 rings (SSSR count). The number of nitrogens with one attached hydrogen (secondary N) is 1. The van der Waals surface area contributed by atoms with E-state index in [2.05, 4.69) is 5.32 Å². The number of aliphatic hydroxyl groups excluding tert-OH is 4. The van der Waals surface area contributed by atoms with Gasteiger partial charge in [0.05, 0.1) is 18.8 Å². The van der Waals surface area contributed by atoms with Crippen molar-refractivity contribution >= 4 is 23.6 Å². The summed E-state index contributed by atoms with van der Waals surface area (Å²) in [6.07, 6.45) is -6.61. The first-order valence-electron chi connectivity index (χ1n) is 8.68. The van der Waals surface area contributed by atoms with Crippen molar-refractivity contribution in [3.63, 3.8) is 0 Å². The standard InChI is InChI=1S/C18H25NO8S/c1-9-3-5-11(6-4-9)28-18(17(25)26)7-12(22)14(19-10(2)21)16(27-18)15(24)13(23)8-20/h3-6,12-16,20,22-24H,7-8H2,1-2H3,(H,19,21)(H,25,26)/t12-,13+,14+,15+,16+,18-/m0/s1. The minimum Gasteiger partial charge on any atom is -0.478 e. The van der Waals surface area contributed by atoms with Gasteiger partial charge in [-0.2, -0.15) is 0 Å². The molecule has 28 heavy (non-hydrogen) atoms. The molecule has 0 saturated carbocycles. The average molecular weight is 415 g/mol. The van der Waals surface area contributed by atoms with Crippen molar-refractivity contribution in [1.82, 2.24) is 5.32 Å². The molecular formula is C18H25NO8S. The zero-order chi connectivity index (χ0) is 21.1. The van der Waals surface area contributed by atoms with Crippen LogP contribution in [0.2, 0.25) is 0 Å². The first kappa shape index (κ1) is 22.6. The quantitative estimate of drug-likeness (QED) is 0.337. The lowest BCUT2D eigenvalue weighted by atomic mass is 9.90. The number of hydrogen-bond donors (Lipinski definition) is 6. The van der Waals surface area contributed by atoms with Crippen LogP contribution in [-0.4, -0.2) is 79.4 Å². The zero-order valence-electron chi connectivity index (χ0n) is 15.5. The Morgan fingerprint density at radius 2 is 1.93 bits per heavy atom. The first-order valence-corrected chi connectivity index (χ1v) is 9.50. The van der Waals surface area contributed by atoms with Crippen LogP contribution in [0.25, 0.3) is 0 Å². The molecule has 0 spiro atoms. The van der Waals surface area contributed by atoms with Crippen LogP contribution in [0.1, 0.15) is 18.9 Å². The van der Waals surface area contributed by atoms with Crippen molar-refractivity contribution in [2.45, 2.75) is 60.6 Å². The maximum atomic E-state index is 12.1. The maximum Gasteiger partial charge on any atom is 0.347 e. The van der Waals surface area contributed by atoms with E-state index in [1.54, 1.807) is 24.3 Å². The molecule has 0 unspecified atom stereocenters. The number of aryl methyl sites for hydroxylation is 1. The second-order valence-electron chi connectivity index (χ2n) is 6.79. The highest BCUT2D eigenvalue weighted by Crippen LogP contribution is 2.44. The van der Waals surface area contributed by atoms with Crippen LogP contribution < -0.4 is 5.32 Å². The van der Waals surface area contributed by atoms with Crippen molar-refractivity contribution in [2.24, 2.45) is 0 Å². The molecule has 1 aliphatic heterocycles. The molecular weight excluding hydrogens is 390 g/mol. The van der Waals surface area contributed by atoms with E-state index in [9.17, 15) is 30.0 Å². The van der Waals surface area contributed by atoms with E-state index >= 15 is 0 Å². The molecule has 1 aliphatic rings. The van der Waals surface area contributed by atoms with E-state index in [0.29, 0.717) is 4.90 Å². The van der Waals surface area contributed by atoms with Gasteiger partial charge in [0.15, 0.2) is 0 Å². The summed E-state index contributed by atoms with van der Waals surface area (Å²) in [6, 6.07) is 5.82. The molecule has 1 saturated heterocycles. The average Bonchev–Trinajstić information content (AvgIpc) is 2.64. The highest BCUT2D eigenvalue weighted by atomic mass is 32.2. The van der Waals surface area contributed by atoms with Gasteiger partial charge in [-0.05, 0) is 19.1 Å². The minimum atomic E-state index is -1.97. The van der Waals surface area contributed by atoms with Gasteiger partial charge in [0.1, 0.15) is 18.3 Å². The molecule has 1 heterocycles. The maximum absolute atomic E-state index is 12.1. The fraction of sp³-hybridized carbons (Fsp3) is 0.556. The fourth-order valence-electron chi connectivity index (χ4n) is 3.03. The van der Waals surface area contributed by atoms with E-state index < -0.39 is 53.9 Å². The van der Waals surface area contributed by atoms with Crippen LogP contribution in [0, 0.1) is 6.92 Å². The lowest BCUT2D eigenvalue weighted by Gasteiger charge is -2.46. The smallest absolute Gasteiger partial charge is 0.347 e. The summed E-state index contributed by atoms with van der Waals surface area (Å²) in [5.41, 5.74) is 0.975. The second kappa shape index (κ2) is 9.21. The van der Waals surface area contributed by atoms with Crippen LogP contribution >= 0.6 is 11.8 Å². The zero-order valence-corrected chi connectivity index (χ0v) is 16.3. The summed E-state index contributed by atoms with van der Waals surface area (Å²) in [5, 5.41) is 52.2. The Hall–Kier alpha value is -1.69. The number of aliphatic hydroxyl groups is 4. The predicted molar refractivity (Wildman–Crippen MR) is 99.6 cm³/mol. The number of amides is 1. The molecule has 1 fully saturated rings. The molecule has 0 aliphatic carbocycles. The summed E-state index contributed by atoms with van der Waals surface area (Å²) in [5.74, 6) is -1.91. The number of hydrogen-bond acceptors (Lipinski definition) is 8. The van der Waals surface area contributed by atoms with E-state index in [4.69, 9.17) is 9.84 Å². The number of carboxylic acids is 1. The number of benzene rings is 1. The number of carbonyl (C=O) groups excluding carboxylic acids is 1. The molecule has 156 valence electrons. The van der Waals surface area contributed by atoms with Crippen molar-refractivity contribution in [3.05, 3.63) is 29.8 Å². The lowest BCUT2D eigenvalue weighted by Crippen LogP contribution is -2.66. The molecule has 6 atom stereocenters. The highest BCUT2D eigenvalue weighted by Gasteiger charge is 2.55. The molecule has 10 heteroatoms. The number of thioether (sulfide) groups is 1. The Labute approximate surface area is 166 Å². The molecule has 6 N–H and O–H groups in total. The summed E-state index contributed by atoms with van der Waals surface area (Å²) in [7, 11) is 0. The minimum absolute atomic E-state index is 0.371. The van der Waals surface area contributed by atoms with Gasteiger partial charge in [-0.1, -0.05) is 29.5 Å². The monoisotopic (exact) mass is 415 g/mol. The van der Waals surface area contributed by atoms with Crippen molar-refractivity contribution in [3.8, 4) is 0 Å². The normalized spacial score (nSPS) is 29.7. The van der Waals surface area contributed by atoms with Gasteiger partial charge in [0.25, 0.3) is 0 Å². The fourth-order valence-corrected chi connectivity index (χ4v) is 4.18. The van der Waals surface area contributed by atoms with Gasteiger partial charge in [-0.3, -0.25) is 4.79 Å². The molecule has 1 aromatic rings. The van der Waals surface area contributed by atoms with Crippen molar-refractivity contribution in [1.29, 1.82) is 0 Å². The number of rotatable bonds is 7. The third-order valence-corrected chi connectivity index (χ3v) is 5.77. The second-order valence-corrected chi connectivity index (χ2v) is 8.13. The van der Waals surface area contributed by atoms with E-state index in [1.807, 2.05) is 6.92 Å². The summed E-state index contributed by atoms with van der Waals surface area (Å²) in [6.45, 7) is 2.26. The summed E-state index contributed by atoms with van der Waals surface area (Å²) in [4.78, 5) is 22.2. The van der Waals surface area contributed by atoms with Gasteiger partial charge in [0.2, 0.25) is 10.8 Å². The van der Waals surface area contributed by atoms with E-state index in [0.717, 1.165) is 17.3 Å². The molecule has 1 aromatic carbocycles. The third-order valence-electron chi connectivity index (χ3n) is 4.49. The Kier molecular flexibility index (Phi) is 7.43. The number of aliphatic carboxylic acids is 1. The van der Waals surface area contributed by atoms with E-state index in [-0.39, 0.29) is 6.42 Å². The SMILES string of the molecule is CC(=O)N[C@H]1[C@H]([C@H](O)[C@H](O)CO)O[C@@](Sc2ccc(C)cc2)(C(=O)O)C[C@@H]1O. The van der Waals surface area contributed by atoms with Gasteiger partial charge in [0, 0.05) is 18.2 Å². The topological polar surface area (TPSA) is 157 Å². The van der Waals surface area contributed by atoms with E-state index in [1.165, 1.54) is 6.92 Å². The van der Waals surface area contributed by atoms with Gasteiger partial charge < -0.3 is 35.6 Å². The molecule has 9 nitrogen and oxygen atoms in total. The predicted octanol–water partition coefficient (Wildman–Crippen LogP) is -0.763. The van der Waals surface area contributed by atoms with Gasteiger partial charge in [-0.15, -0.1) is 0 Å². The van der Waals surface area contributed by atoms with Gasteiger partial charge >= 0.3 is 5.97 Å². The summed E-state index contributed by atoms with van der Waals surface area (Å²) >= 11 is 0.844. The molecule has 1 amide bonds. The highest BCUT2D eigenvalue weighted by molar-refractivity contribution is 8.01.